The first-order valence-corrected chi connectivity index (χ1v) is 19.0. The predicted molar refractivity (Wildman–Crippen MR) is 135 cm³/mol. The number of rotatable bonds is 11. The van der Waals surface area contributed by atoms with Crippen LogP contribution in [0.4, 0.5) is 0 Å². The number of nitrogens with zero attached hydrogens (tertiary/aromatic N) is 2. The molecular formula is C22H45N2O6PSi2. The summed E-state index contributed by atoms with van der Waals surface area (Å²) in [6.45, 7) is 12.9. The minimum atomic E-state index is -2.49. The van der Waals surface area contributed by atoms with E-state index in [-0.39, 0.29) is 7.92 Å². The van der Waals surface area contributed by atoms with Crippen molar-refractivity contribution in [2.24, 2.45) is 0 Å². The van der Waals surface area contributed by atoms with Crippen molar-refractivity contribution < 1.29 is 26.6 Å². The van der Waals surface area contributed by atoms with E-state index in [4.69, 9.17) is 26.6 Å². The quantitative estimate of drug-likeness (QED) is 0.305. The van der Waals surface area contributed by atoms with E-state index in [0.717, 1.165) is 104 Å². The Labute approximate surface area is 204 Å². The van der Waals surface area contributed by atoms with Crippen molar-refractivity contribution in [3.63, 3.8) is 0 Å². The molecular weight excluding hydrogens is 475 g/mol. The van der Waals surface area contributed by atoms with Crippen LogP contribution in [0, 0.1) is 0 Å². The Bertz CT molecular complexity index is 484. The number of fused-ring (bicyclic) bond motifs is 12. The summed E-state index contributed by atoms with van der Waals surface area (Å²) in [5, 5.41) is 0. The van der Waals surface area contributed by atoms with E-state index < -0.39 is 17.6 Å². The molecule has 6 saturated heterocycles. The van der Waals surface area contributed by atoms with Crippen molar-refractivity contribution >= 4 is 25.5 Å². The van der Waals surface area contributed by atoms with Crippen LogP contribution in [0.2, 0.25) is 12.1 Å². The van der Waals surface area contributed by atoms with Gasteiger partial charge < -0.3 is 26.6 Å². The second kappa shape index (κ2) is 13.7. The van der Waals surface area contributed by atoms with Crippen LogP contribution in [-0.4, -0.2) is 125 Å². The highest BCUT2D eigenvalue weighted by Crippen LogP contribution is 2.40. The summed E-state index contributed by atoms with van der Waals surface area (Å²) in [4.78, 5) is 4.76. The van der Waals surface area contributed by atoms with E-state index in [1.165, 1.54) is 31.3 Å². The van der Waals surface area contributed by atoms with E-state index in [1.54, 1.807) is 0 Å². The SMILES string of the molecule is CCCCP(CCC[Si]12OCCN(CCO1)CCO2)CCC[Si]12OCCN(CCO1)CCO2. The van der Waals surface area contributed by atoms with E-state index in [0.29, 0.717) is 0 Å². The molecule has 0 unspecified atom stereocenters. The minimum absolute atomic E-state index is 0.00686. The third-order valence-corrected chi connectivity index (χ3v) is 15.8. The van der Waals surface area contributed by atoms with Gasteiger partial charge in [-0.1, -0.05) is 13.3 Å². The molecule has 4 bridgehead atoms. The predicted octanol–water partition coefficient (Wildman–Crippen LogP) is 2.68. The maximum atomic E-state index is 6.24. The first-order chi connectivity index (χ1) is 16.2. The maximum absolute atomic E-state index is 6.24. The highest BCUT2D eigenvalue weighted by Gasteiger charge is 2.44. The van der Waals surface area contributed by atoms with Crippen molar-refractivity contribution in [3.05, 3.63) is 0 Å². The molecule has 6 rings (SSSR count). The van der Waals surface area contributed by atoms with E-state index >= 15 is 0 Å². The molecule has 6 fully saturated rings. The van der Waals surface area contributed by atoms with Crippen LogP contribution >= 0.6 is 7.92 Å². The van der Waals surface area contributed by atoms with Crippen molar-refractivity contribution in [2.45, 2.75) is 44.7 Å². The van der Waals surface area contributed by atoms with Crippen LogP contribution < -0.4 is 0 Å². The van der Waals surface area contributed by atoms with E-state index in [1.807, 2.05) is 0 Å². The summed E-state index contributed by atoms with van der Waals surface area (Å²) >= 11 is 0. The van der Waals surface area contributed by atoms with Gasteiger partial charge in [0, 0.05) is 51.4 Å². The summed E-state index contributed by atoms with van der Waals surface area (Å²) < 4.78 is 37.5. The first kappa shape index (κ1) is 26.6. The topological polar surface area (TPSA) is 61.9 Å². The largest absolute Gasteiger partial charge is 0.501 e. The average Bonchev–Trinajstić information content (AvgIpc) is 2.72. The molecule has 33 heavy (non-hydrogen) atoms. The molecule has 0 aromatic carbocycles. The van der Waals surface area contributed by atoms with Gasteiger partial charge in [0.1, 0.15) is 0 Å². The number of hydrogen-bond donors (Lipinski definition) is 0. The standard InChI is InChI=1S/C22H45N2O6PSi2/c1-2-3-18-31(19-4-21-32-25-12-6-23(7-13-26-32)8-14-27-32)20-5-22-33-28-15-9-24(10-16-29-33)11-17-30-33/h2-22H2,1H3. The molecule has 6 aliphatic heterocycles. The fourth-order valence-corrected chi connectivity index (χ4v) is 13.3. The lowest BCUT2D eigenvalue weighted by atomic mass is 10.4. The summed E-state index contributed by atoms with van der Waals surface area (Å²) in [6.07, 6.45) is 8.87. The van der Waals surface area contributed by atoms with E-state index in [2.05, 4.69) is 16.7 Å². The molecule has 0 amide bonds. The van der Waals surface area contributed by atoms with Gasteiger partial charge in [-0.2, -0.15) is 0 Å². The van der Waals surface area contributed by atoms with Gasteiger partial charge >= 0.3 is 17.6 Å². The van der Waals surface area contributed by atoms with Crippen LogP contribution in [0.5, 0.6) is 0 Å². The Hall–Kier alpha value is 0.544. The number of unbranched alkanes of at least 4 members (excludes halogenated alkanes) is 1. The molecule has 0 radical (unpaired) electrons. The molecule has 6 aliphatic rings. The van der Waals surface area contributed by atoms with E-state index in [9.17, 15) is 0 Å². The zero-order chi connectivity index (χ0) is 22.8. The second-order valence-electron chi connectivity index (χ2n) is 9.54. The van der Waals surface area contributed by atoms with Gasteiger partial charge in [-0.25, -0.2) is 0 Å². The van der Waals surface area contributed by atoms with Crippen molar-refractivity contribution in [2.75, 3.05) is 97.4 Å². The monoisotopic (exact) mass is 520 g/mol. The Morgan fingerprint density at radius 2 is 0.879 bits per heavy atom. The third-order valence-electron chi connectivity index (χ3n) is 7.12. The highest BCUT2D eigenvalue weighted by atomic mass is 31.1. The molecule has 0 aromatic rings. The zero-order valence-corrected chi connectivity index (χ0v) is 23.5. The van der Waals surface area contributed by atoms with Gasteiger partial charge in [0.25, 0.3) is 0 Å². The van der Waals surface area contributed by atoms with Gasteiger partial charge in [0.05, 0.1) is 39.6 Å². The lowest BCUT2D eigenvalue weighted by Gasteiger charge is -2.38. The Balaban J connectivity index is 1.24. The minimum Gasteiger partial charge on any atom is -0.372 e. The molecule has 11 heteroatoms. The zero-order valence-electron chi connectivity index (χ0n) is 20.6. The van der Waals surface area contributed by atoms with Crippen molar-refractivity contribution in [1.82, 2.24) is 9.80 Å². The molecule has 0 aromatic heterocycles. The summed E-state index contributed by atoms with van der Waals surface area (Å²) in [7, 11) is -4.96. The third kappa shape index (κ3) is 8.28. The van der Waals surface area contributed by atoms with Gasteiger partial charge in [0.15, 0.2) is 0 Å². The average molecular weight is 521 g/mol. The fraction of sp³-hybridized carbons (Fsp3) is 1.00. The summed E-state index contributed by atoms with van der Waals surface area (Å²) in [6, 6.07) is 1.95. The van der Waals surface area contributed by atoms with Gasteiger partial charge in [0.2, 0.25) is 0 Å². The Kier molecular flexibility index (Phi) is 11.1. The molecule has 0 saturated carbocycles. The fourth-order valence-electron chi connectivity index (χ4n) is 5.09. The first-order valence-electron chi connectivity index (χ1n) is 13.2. The number of hydrogen-bond acceptors (Lipinski definition) is 8. The molecule has 0 spiro atoms. The Morgan fingerprint density at radius 1 is 0.545 bits per heavy atom. The van der Waals surface area contributed by atoms with Gasteiger partial charge in [-0.15, -0.1) is 7.92 Å². The molecule has 192 valence electrons. The van der Waals surface area contributed by atoms with Crippen molar-refractivity contribution in [3.8, 4) is 0 Å². The summed E-state index contributed by atoms with van der Waals surface area (Å²) in [5.41, 5.74) is 0. The smallest absolute Gasteiger partial charge is 0.372 e. The van der Waals surface area contributed by atoms with Gasteiger partial charge in [-0.05, 0) is 37.7 Å². The molecule has 6 heterocycles. The van der Waals surface area contributed by atoms with Crippen LogP contribution in [0.15, 0.2) is 0 Å². The van der Waals surface area contributed by atoms with Crippen LogP contribution in [-0.2, 0) is 26.6 Å². The highest BCUT2D eigenvalue weighted by molar-refractivity contribution is 7.57. The van der Waals surface area contributed by atoms with Crippen LogP contribution in [0.25, 0.3) is 0 Å². The lowest BCUT2D eigenvalue weighted by Crippen LogP contribution is -2.55. The van der Waals surface area contributed by atoms with Crippen LogP contribution in [0.3, 0.4) is 0 Å². The molecule has 0 N–H and O–H groups in total. The molecule has 8 nitrogen and oxygen atoms in total. The van der Waals surface area contributed by atoms with Crippen LogP contribution in [0.1, 0.15) is 32.6 Å². The molecule has 0 aliphatic carbocycles. The lowest BCUT2D eigenvalue weighted by molar-refractivity contribution is -0.00873. The summed E-state index contributed by atoms with van der Waals surface area (Å²) in [5.74, 6) is 0. The molecule has 0 atom stereocenters. The second-order valence-corrected chi connectivity index (χ2v) is 17.7. The maximum Gasteiger partial charge on any atom is 0.501 e. The Morgan fingerprint density at radius 3 is 1.21 bits per heavy atom. The van der Waals surface area contributed by atoms with Crippen molar-refractivity contribution in [1.29, 1.82) is 0 Å². The normalized spacial score (nSPS) is 36.3. The van der Waals surface area contributed by atoms with Gasteiger partial charge in [-0.3, -0.25) is 9.80 Å².